The van der Waals surface area contributed by atoms with Crippen molar-refractivity contribution in [2.24, 2.45) is 5.92 Å². The van der Waals surface area contributed by atoms with Crippen LogP contribution in [0.5, 0.6) is 5.75 Å². The molecule has 3 atom stereocenters. The monoisotopic (exact) mass is 546 g/mol. The molecule has 2 N–H and O–H groups in total. The molecular weight excluding hydrogens is 507 g/mol. The molecule has 6 rings (SSSR count). The standard InChI is InChI=1S/C33H39FN2O2S/c1-24-7-2-3-10-30(21-24)39(37,29-11-5-12-29)36-19-20-38-28-14-13-25-15-18-35-32(31(25)23-28)33(16-6-17-33)26-8-4-9-27(34)22-26/h2-4,7-10,13-14,21-24,32,35H,5-6,11-12,15-20H2,1H3,(H,36,37). The summed E-state index contributed by atoms with van der Waals surface area (Å²) in [7, 11) is -2.44. The number of hydrogen-bond acceptors (Lipinski definition) is 3. The third kappa shape index (κ3) is 5.15. The van der Waals surface area contributed by atoms with Gasteiger partial charge in [-0.3, -0.25) is 0 Å². The van der Waals surface area contributed by atoms with Crippen LogP contribution >= 0.6 is 0 Å². The molecule has 1 aliphatic heterocycles. The van der Waals surface area contributed by atoms with Crippen LogP contribution in [0.1, 0.15) is 68.2 Å². The van der Waals surface area contributed by atoms with Crippen molar-refractivity contribution >= 4 is 14.6 Å². The minimum atomic E-state index is -2.44. The fraction of sp³-hybridized carbons (Fsp3) is 0.424. The van der Waals surface area contributed by atoms with E-state index in [2.05, 4.69) is 53.4 Å². The van der Waals surface area contributed by atoms with Gasteiger partial charge in [-0.1, -0.05) is 55.8 Å². The average molecular weight is 547 g/mol. The van der Waals surface area contributed by atoms with E-state index in [9.17, 15) is 8.60 Å². The van der Waals surface area contributed by atoms with E-state index in [4.69, 9.17) is 4.74 Å². The van der Waals surface area contributed by atoms with Gasteiger partial charge in [0.25, 0.3) is 0 Å². The van der Waals surface area contributed by atoms with Gasteiger partial charge in [0.15, 0.2) is 0 Å². The van der Waals surface area contributed by atoms with Crippen molar-refractivity contribution in [3.63, 3.8) is 0 Å². The van der Waals surface area contributed by atoms with Crippen LogP contribution in [0, 0.1) is 11.7 Å². The second-order valence-electron chi connectivity index (χ2n) is 11.4. The zero-order valence-electron chi connectivity index (χ0n) is 22.8. The van der Waals surface area contributed by atoms with Gasteiger partial charge < -0.3 is 10.1 Å². The predicted octanol–water partition coefficient (Wildman–Crippen LogP) is 6.30. The zero-order valence-corrected chi connectivity index (χ0v) is 23.6. The van der Waals surface area contributed by atoms with Gasteiger partial charge in [-0.05, 0) is 98.0 Å². The zero-order chi connectivity index (χ0) is 26.9. The lowest BCUT2D eigenvalue weighted by molar-refractivity contribution is 0.164. The Balaban J connectivity index is 1.18. The minimum absolute atomic E-state index is 0.0884. The summed E-state index contributed by atoms with van der Waals surface area (Å²) in [5.74, 6) is 0.905. The van der Waals surface area contributed by atoms with Crippen LogP contribution in [-0.4, -0.2) is 28.8 Å². The number of ether oxygens (including phenoxy) is 1. The number of fused-ring (bicyclic) bond motifs is 1. The normalized spacial score (nSPS) is 25.0. The summed E-state index contributed by atoms with van der Waals surface area (Å²) in [6.45, 7) is 3.98. The Bertz CT molecular complexity index is 1440. The number of allylic oxidation sites excluding steroid dienone is 5. The molecule has 2 saturated carbocycles. The molecule has 0 spiro atoms. The smallest absolute Gasteiger partial charge is 0.123 e. The van der Waals surface area contributed by atoms with Crippen LogP contribution < -0.4 is 14.8 Å². The lowest BCUT2D eigenvalue weighted by atomic mass is 9.58. The molecule has 0 amide bonds. The van der Waals surface area contributed by atoms with E-state index in [1.54, 1.807) is 6.07 Å². The van der Waals surface area contributed by atoms with Crippen molar-refractivity contribution in [3.8, 4) is 5.75 Å². The van der Waals surface area contributed by atoms with Gasteiger partial charge in [0.1, 0.15) is 18.2 Å². The molecule has 3 unspecified atom stereocenters. The molecular formula is C33H39FN2O2S. The highest BCUT2D eigenvalue weighted by Crippen LogP contribution is 2.53. The van der Waals surface area contributed by atoms with Gasteiger partial charge in [-0.2, -0.15) is 0 Å². The third-order valence-corrected chi connectivity index (χ3v) is 11.7. The van der Waals surface area contributed by atoms with Gasteiger partial charge in [0, 0.05) is 27.8 Å². The fourth-order valence-electron chi connectivity index (χ4n) is 6.48. The number of benzene rings is 2. The van der Waals surface area contributed by atoms with Crippen LogP contribution in [0.4, 0.5) is 4.39 Å². The molecule has 2 fully saturated rings. The van der Waals surface area contributed by atoms with Crippen LogP contribution in [0.25, 0.3) is 0 Å². The quantitative estimate of drug-likeness (QED) is 0.302. The molecule has 4 aliphatic rings. The first kappa shape index (κ1) is 26.5. The fourth-order valence-corrected chi connectivity index (χ4v) is 9.09. The Morgan fingerprint density at radius 1 is 1.10 bits per heavy atom. The maximum Gasteiger partial charge on any atom is 0.123 e. The van der Waals surface area contributed by atoms with Crippen molar-refractivity contribution in [1.29, 1.82) is 0 Å². The first-order chi connectivity index (χ1) is 19.0. The maximum atomic E-state index is 14.2. The Morgan fingerprint density at radius 2 is 1.97 bits per heavy atom. The number of nitrogens with one attached hydrogen (secondary N) is 2. The largest absolute Gasteiger partial charge is 0.492 e. The molecule has 3 aliphatic carbocycles. The molecule has 206 valence electrons. The van der Waals surface area contributed by atoms with Gasteiger partial charge >= 0.3 is 0 Å². The predicted molar refractivity (Wildman–Crippen MR) is 159 cm³/mol. The van der Waals surface area contributed by atoms with E-state index >= 15 is 0 Å². The van der Waals surface area contributed by atoms with E-state index in [0.29, 0.717) is 13.2 Å². The summed E-state index contributed by atoms with van der Waals surface area (Å²) in [6.07, 6.45) is 17.4. The topological polar surface area (TPSA) is 50.4 Å². The Labute approximate surface area is 232 Å². The van der Waals surface area contributed by atoms with E-state index in [-0.39, 0.29) is 23.2 Å². The molecule has 1 heterocycles. The van der Waals surface area contributed by atoms with Gasteiger partial charge in [-0.25, -0.2) is 13.3 Å². The summed E-state index contributed by atoms with van der Waals surface area (Å²) in [6, 6.07) is 13.7. The molecule has 4 nitrogen and oxygen atoms in total. The van der Waals surface area contributed by atoms with Crippen molar-refractivity contribution < 1.29 is 13.3 Å². The molecule has 0 bridgehead atoms. The number of rotatable bonds is 8. The molecule has 0 radical (unpaired) electrons. The summed E-state index contributed by atoms with van der Waals surface area (Å²) >= 11 is 0. The number of hydrogen-bond donors (Lipinski definition) is 2. The molecule has 39 heavy (non-hydrogen) atoms. The van der Waals surface area contributed by atoms with Crippen molar-refractivity contribution in [2.45, 2.75) is 63.3 Å². The van der Waals surface area contributed by atoms with E-state index in [1.807, 2.05) is 24.3 Å². The minimum Gasteiger partial charge on any atom is -0.492 e. The molecule has 0 aromatic heterocycles. The second kappa shape index (κ2) is 11.1. The van der Waals surface area contributed by atoms with Gasteiger partial charge in [0.2, 0.25) is 0 Å². The Kier molecular flexibility index (Phi) is 7.54. The summed E-state index contributed by atoms with van der Waals surface area (Å²) in [4.78, 5) is 2.01. The van der Waals surface area contributed by atoms with Crippen molar-refractivity contribution in [2.75, 3.05) is 19.7 Å². The van der Waals surface area contributed by atoms with Crippen LogP contribution in [0.2, 0.25) is 0 Å². The Morgan fingerprint density at radius 3 is 2.72 bits per heavy atom. The van der Waals surface area contributed by atoms with Gasteiger partial charge in [0.05, 0.1) is 9.71 Å². The van der Waals surface area contributed by atoms with E-state index < -0.39 is 9.71 Å². The number of halogens is 1. The summed E-state index contributed by atoms with van der Waals surface area (Å²) in [5.41, 5.74) is 3.60. The molecule has 2 aromatic carbocycles. The van der Waals surface area contributed by atoms with Gasteiger partial charge in [-0.15, -0.1) is 0 Å². The van der Waals surface area contributed by atoms with Crippen molar-refractivity contribution in [3.05, 3.63) is 100 Å². The molecule has 2 aromatic rings. The van der Waals surface area contributed by atoms with Crippen LogP contribution in [-0.2, 0) is 21.5 Å². The summed E-state index contributed by atoms with van der Waals surface area (Å²) < 4.78 is 38.0. The average Bonchev–Trinajstić information content (AvgIpc) is 3.10. The highest BCUT2D eigenvalue weighted by atomic mass is 32.2. The first-order valence-electron chi connectivity index (χ1n) is 14.4. The lowest BCUT2D eigenvalue weighted by Gasteiger charge is -2.50. The van der Waals surface area contributed by atoms with E-state index in [1.165, 1.54) is 17.2 Å². The van der Waals surface area contributed by atoms with Crippen molar-refractivity contribution in [1.82, 2.24) is 10.0 Å². The summed E-state index contributed by atoms with van der Waals surface area (Å²) in [5, 5.41) is 3.77. The highest BCUT2D eigenvalue weighted by Gasteiger charge is 2.47. The van der Waals surface area contributed by atoms with E-state index in [0.717, 1.165) is 72.6 Å². The third-order valence-electron chi connectivity index (χ3n) is 8.91. The highest BCUT2D eigenvalue weighted by molar-refractivity contribution is 8.04. The first-order valence-corrected chi connectivity index (χ1v) is 16.0. The van der Waals surface area contributed by atoms with Crippen LogP contribution in [0.3, 0.4) is 0 Å². The Hall–Kier alpha value is -2.67. The lowest BCUT2D eigenvalue weighted by Crippen LogP contribution is -2.49. The van der Waals surface area contributed by atoms with Crippen LogP contribution in [0.15, 0.2) is 77.7 Å². The maximum absolute atomic E-state index is 14.2. The molecule has 0 saturated heterocycles. The SMILES string of the molecule is CC1C=CC=CC(S(=O)(NCCOc2ccc3c(c2)C(C2(c4cccc(F)c4)CCC2)NCC3)=C2CCC2)=C1. The molecule has 6 heteroatoms. The second-order valence-corrected chi connectivity index (χ2v) is 13.8.